The van der Waals surface area contributed by atoms with Crippen molar-refractivity contribution in [2.45, 2.75) is 51.2 Å². The van der Waals surface area contributed by atoms with Gasteiger partial charge in [0.05, 0.1) is 24.8 Å². The molecule has 0 aliphatic carbocycles. The Balaban J connectivity index is 1.96. The maximum Gasteiger partial charge on any atom is 0.336 e. The van der Waals surface area contributed by atoms with E-state index in [1.54, 1.807) is 11.8 Å². The van der Waals surface area contributed by atoms with E-state index in [9.17, 15) is 9.59 Å². The Kier molecular flexibility index (Phi) is 6.67. The van der Waals surface area contributed by atoms with E-state index >= 15 is 0 Å². The highest BCUT2D eigenvalue weighted by Crippen LogP contribution is 2.41. The number of methoxy groups -OCH3 is 1. The van der Waals surface area contributed by atoms with E-state index in [-0.39, 0.29) is 23.5 Å². The number of carbonyl (C=O) groups is 2. The number of esters is 1. The average molecular weight is 404 g/mol. The van der Waals surface area contributed by atoms with Gasteiger partial charge in [0.25, 0.3) is 0 Å². The summed E-state index contributed by atoms with van der Waals surface area (Å²) in [6, 6.07) is 7.99. The molecule has 7 heteroatoms. The predicted octanol–water partition coefficient (Wildman–Crippen LogP) is 2.61. The SMILES string of the molecule is CCCCSC1NC(=O)C2C(NC(C)=C(C(=O)OC)C2c2cccc(C)c2)N1. The standard InChI is InChI=1S/C21H29N3O3S/c1-5-6-10-28-21-23-18-17(19(25)24-21)16(14-9-7-8-12(2)11-14)15(13(3)22-18)20(26)27-4/h7-9,11,16-18,21-23H,5-6,10H2,1-4H3,(H,24,25). The fourth-order valence-electron chi connectivity index (χ4n) is 3.95. The summed E-state index contributed by atoms with van der Waals surface area (Å²) in [5.41, 5.74) is 3.16. The number of carbonyl (C=O) groups excluding carboxylic acids is 2. The van der Waals surface area contributed by atoms with Gasteiger partial charge < -0.3 is 15.4 Å². The van der Waals surface area contributed by atoms with Crippen LogP contribution in [0.15, 0.2) is 35.5 Å². The Labute approximate surface area is 170 Å². The first-order valence-electron chi connectivity index (χ1n) is 9.76. The summed E-state index contributed by atoms with van der Waals surface area (Å²) in [5, 5.41) is 9.92. The number of benzene rings is 1. The van der Waals surface area contributed by atoms with Crippen molar-refractivity contribution in [2.24, 2.45) is 5.92 Å². The van der Waals surface area contributed by atoms with Crippen molar-refractivity contribution in [3.63, 3.8) is 0 Å². The molecule has 2 aliphatic heterocycles. The molecule has 2 aliphatic rings. The highest BCUT2D eigenvalue weighted by Gasteiger charge is 2.48. The van der Waals surface area contributed by atoms with Crippen LogP contribution < -0.4 is 16.0 Å². The second-order valence-electron chi connectivity index (χ2n) is 7.35. The van der Waals surface area contributed by atoms with Gasteiger partial charge in [0.15, 0.2) is 0 Å². The number of aryl methyl sites for hydroxylation is 1. The van der Waals surface area contributed by atoms with E-state index in [2.05, 4.69) is 22.9 Å². The molecule has 3 rings (SSSR count). The van der Waals surface area contributed by atoms with Gasteiger partial charge in [-0.25, -0.2) is 4.79 Å². The maximum atomic E-state index is 13.1. The fraction of sp³-hybridized carbons (Fsp3) is 0.524. The average Bonchev–Trinajstić information content (AvgIpc) is 2.66. The Morgan fingerprint density at radius 1 is 1.25 bits per heavy atom. The quantitative estimate of drug-likeness (QED) is 0.501. The molecule has 6 nitrogen and oxygen atoms in total. The molecule has 28 heavy (non-hydrogen) atoms. The van der Waals surface area contributed by atoms with Crippen LogP contribution in [0, 0.1) is 12.8 Å². The van der Waals surface area contributed by atoms with Crippen molar-refractivity contribution in [3.8, 4) is 0 Å². The van der Waals surface area contributed by atoms with E-state index in [1.165, 1.54) is 7.11 Å². The molecule has 1 saturated heterocycles. The second-order valence-corrected chi connectivity index (χ2v) is 8.56. The van der Waals surface area contributed by atoms with Gasteiger partial charge in [-0.05, 0) is 31.6 Å². The molecule has 0 aromatic heterocycles. The summed E-state index contributed by atoms with van der Waals surface area (Å²) in [6.07, 6.45) is 1.99. The fourth-order valence-corrected chi connectivity index (χ4v) is 5.08. The minimum atomic E-state index is -0.442. The van der Waals surface area contributed by atoms with Gasteiger partial charge in [-0.1, -0.05) is 43.2 Å². The van der Waals surface area contributed by atoms with Crippen LogP contribution >= 0.6 is 11.8 Å². The maximum absolute atomic E-state index is 13.1. The zero-order chi connectivity index (χ0) is 20.3. The summed E-state index contributed by atoms with van der Waals surface area (Å²) in [4.78, 5) is 25.7. The highest BCUT2D eigenvalue weighted by molar-refractivity contribution is 7.99. The first-order valence-corrected chi connectivity index (χ1v) is 10.8. The molecule has 1 amide bonds. The number of hydrogen-bond donors (Lipinski definition) is 3. The molecule has 3 N–H and O–H groups in total. The number of ether oxygens (including phenoxy) is 1. The molecule has 0 radical (unpaired) electrons. The molecule has 0 bridgehead atoms. The number of fused-ring (bicyclic) bond motifs is 1. The molecule has 1 aromatic carbocycles. The number of hydrogen-bond acceptors (Lipinski definition) is 6. The molecule has 1 fully saturated rings. The van der Waals surface area contributed by atoms with Crippen LogP contribution in [-0.2, 0) is 14.3 Å². The van der Waals surface area contributed by atoms with E-state index in [4.69, 9.17) is 4.74 Å². The molecule has 4 atom stereocenters. The van der Waals surface area contributed by atoms with Gasteiger partial charge in [0, 0.05) is 11.6 Å². The van der Waals surface area contributed by atoms with Crippen molar-refractivity contribution < 1.29 is 14.3 Å². The Hall–Kier alpha value is -1.99. The number of rotatable bonds is 6. The lowest BCUT2D eigenvalue weighted by molar-refractivity contribution is -0.137. The van der Waals surface area contributed by atoms with E-state index in [0.29, 0.717) is 5.57 Å². The van der Waals surface area contributed by atoms with Crippen LogP contribution in [0.25, 0.3) is 0 Å². The van der Waals surface area contributed by atoms with E-state index < -0.39 is 11.9 Å². The third-order valence-electron chi connectivity index (χ3n) is 5.30. The number of thioether (sulfide) groups is 1. The molecule has 2 heterocycles. The lowest BCUT2D eigenvalue weighted by Crippen LogP contribution is -2.67. The summed E-state index contributed by atoms with van der Waals surface area (Å²) in [6.45, 7) is 6.04. The first kappa shape index (κ1) is 20.7. The van der Waals surface area contributed by atoms with Gasteiger partial charge in [-0.2, -0.15) is 0 Å². The van der Waals surface area contributed by atoms with Gasteiger partial charge in [-0.15, -0.1) is 11.8 Å². The molecule has 0 spiro atoms. The van der Waals surface area contributed by atoms with E-state index in [0.717, 1.165) is 35.4 Å². The zero-order valence-corrected chi connectivity index (χ0v) is 17.7. The minimum absolute atomic E-state index is 0.0503. The van der Waals surface area contributed by atoms with Crippen LogP contribution in [-0.4, -0.2) is 36.4 Å². The molecule has 1 aromatic rings. The van der Waals surface area contributed by atoms with Crippen LogP contribution in [0.4, 0.5) is 0 Å². The normalized spacial score (nSPS) is 26.9. The first-order chi connectivity index (χ1) is 13.5. The number of unbranched alkanes of at least 4 members (excludes halogenated alkanes) is 1. The molecule has 0 saturated carbocycles. The number of nitrogens with one attached hydrogen (secondary N) is 3. The van der Waals surface area contributed by atoms with Crippen LogP contribution in [0.1, 0.15) is 43.7 Å². The van der Waals surface area contributed by atoms with Crippen LogP contribution in [0.5, 0.6) is 0 Å². The number of amides is 1. The molecular formula is C21H29N3O3S. The lowest BCUT2D eigenvalue weighted by Gasteiger charge is -2.45. The lowest BCUT2D eigenvalue weighted by atomic mass is 9.74. The van der Waals surface area contributed by atoms with Gasteiger partial charge in [0.2, 0.25) is 5.91 Å². The van der Waals surface area contributed by atoms with Crippen LogP contribution in [0.3, 0.4) is 0 Å². The molecule has 4 unspecified atom stereocenters. The third kappa shape index (κ3) is 4.20. The topological polar surface area (TPSA) is 79.5 Å². The van der Waals surface area contributed by atoms with Crippen LogP contribution in [0.2, 0.25) is 0 Å². The van der Waals surface area contributed by atoms with Crippen molar-refractivity contribution in [1.29, 1.82) is 0 Å². The van der Waals surface area contributed by atoms with Gasteiger partial charge in [-0.3, -0.25) is 10.1 Å². The minimum Gasteiger partial charge on any atom is -0.466 e. The monoisotopic (exact) mass is 403 g/mol. The van der Waals surface area contributed by atoms with Crippen molar-refractivity contribution in [2.75, 3.05) is 12.9 Å². The van der Waals surface area contributed by atoms with Crippen molar-refractivity contribution in [3.05, 3.63) is 46.7 Å². The Morgan fingerprint density at radius 2 is 2.04 bits per heavy atom. The smallest absolute Gasteiger partial charge is 0.336 e. The van der Waals surface area contributed by atoms with Gasteiger partial charge >= 0.3 is 5.97 Å². The van der Waals surface area contributed by atoms with Crippen molar-refractivity contribution >= 4 is 23.6 Å². The Bertz CT molecular complexity index is 780. The second kappa shape index (κ2) is 9.01. The highest BCUT2D eigenvalue weighted by atomic mass is 32.2. The molecular weight excluding hydrogens is 374 g/mol. The largest absolute Gasteiger partial charge is 0.466 e. The summed E-state index contributed by atoms with van der Waals surface area (Å²) < 4.78 is 5.05. The third-order valence-corrected chi connectivity index (χ3v) is 6.41. The van der Waals surface area contributed by atoms with E-state index in [1.807, 2.05) is 38.1 Å². The molecule has 152 valence electrons. The Morgan fingerprint density at radius 3 is 2.71 bits per heavy atom. The predicted molar refractivity (Wildman–Crippen MR) is 111 cm³/mol. The summed E-state index contributed by atoms with van der Waals surface area (Å²) >= 11 is 1.70. The zero-order valence-electron chi connectivity index (χ0n) is 16.9. The van der Waals surface area contributed by atoms with Gasteiger partial charge in [0.1, 0.15) is 5.50 Å². The van der Waals surface area contributed by atoms with Crippen molar-refractivity contribution in [1.82, 2.24) is 16.0 Å². The summed E-state index contributed by atoms with van der Waals surface area (Å²) in [5.74, 6) is -0.279. The number of allylic oxidation sites excluding steroid dienone is 1. The summed E-state index contributed by atoms with van der Waals surface area (Å²) in [7, 11) is 1.38.